The molecule has 8 heteroatoms. The summed E-state index contributed by atoms with van der Waals surface area (Å²) in [6, 6.07) is 4.57. The van der Waals surface area contributed by atoms with E-state index in [1.54, 1.807) is 12.1 Å². The number of anilines is 1. The molecule has 3 N–H and O–H groups in total. The van der Waals surface area contributed by atoms with E-state index in [4.69, 9.17) is 5.73 Å². The van der Waals surface area contributed by atoms with E-state index in [0.717, 1.165) is 22.5 Å². The van der Waals surface area contributed by atoms with Crippen molar-refractivity contribution < 1.29 is 14.0 Å². The number of carbonyl (C=O) groups is 2. The van der Waals surface area contributed by atoms with Gasteiger partial charge in [-0.25, -0.2) is 14.4 Å². The van der Waals surface area contributed by atoms with Crippen molar-refractivity contribution >= 4 is 29.3 Å². The lowest BCUT2D eigenvalue weighted by Crippen LogP contribution is -2.15. The van der Waals surface area contributed by atoms with Gasteiger partial charge in [-0.2, -0.15) is 0 Å². The van der Waals surface area contributed by atoms with Gasteiger partial charge in [0.2, 0.25) is 11.8 Å². The predicted octanol–water partition coefficient (Wildman–Crippen LogP) is 2.69. The number of amides is 2. The van der Waals surface area contributed by atoms with E-state index in [1.165, 1.54) is 17.8 Å². The molecule has 0 aliphatic carbocycles. The van der Waals surface area contributed by atoms with Crippen molar-refractivity contribution in [3.63, 3.8) is 0 Å². The van der Waals surface area contributed by atoms with Crippen LogP contribution in [0.4, 0.5) is 10.1 Å². The fourth-order valence-electron chi connectivity index (χ4n) is 2.46. The van der Waals surface area contributed by atoms with Crippen LogP contribution in [0, 0.1) is 26.6 Å². The Morgan fingerprint density at radius 1 is 1.19 bits per heavy atom. The lowest BCUT2D eigenvalue weighted by molar-refractivity contribution is -0.116. The first-order valence-electron chi connectivity index (χ1n) is 8.07. The third-order valence-electron chi connectivity index (χ3n) is 3.74. The molecular formula is C18H21FN4O2S. The second kappa shape index (κ2) is 8.75. The number of nitrogens with two attached hydrogens (primary N) is 1. The number of hydrogen-bond acceptors (Lipinski definition) is 5. The normalized spacial score (nSPS) is 10.6. The van der Waals surface area contributed by atoms with Gasteiger partial charge in [-0.05, 0) is 50.5 Å². The van der Waals surface area contributed by atoms with Crippen LogP contribution in [0.1, 0.15) is 28.9 Å². The summed E-state index contributed by atoms with van der Waals surface area (Å²) in [5.41, 5.74) is 8.54. The molecule has 6 nitrogen and oxygen atoms in total. The summed E-state index contributed by atoms with van der Waals surface area (Å²) in [6.07, 6.45) is 0.629. The van der Waals surface area contributed by atoms with E-state index in [2.05, 4.69) is 15.3 Å². The van der Waals surface area contributed by atoms with Crippen molar-refractivity contribution in [1.82, 2.24) is 9.97 Å². The molecule has 26 heavy (non-hydrogen) atoms. The highest BCUT2D eigenvalue weighted by Crippen LogP contribution is 2.20. The van der Waals surface area contributed by atoms with Crippen LogP contribution in [0.3, 0.4) is 0 Å². The summed E-state index contributed by atoms with van der Waals surface area (Å²) >= 11 is 1.18. The van der Waals surface area contributed by atoms with E-state index >= 15 is 0 Å². The number of rotatable bonds is 7. The Labute approximate surface area is 155 Å². The number of carbonyl (C=O) groups excluding carboxylic acids is 2. The molecule has 0 aliphatic heterocycles. The molecule has 1 heterocycles. The van der Waals surface area contributed by atoms with E-state index in [9.17, 15) is 14.0 Å². The molecule has 0 fully saturated rings. The Kier molecular flexibility index (Phi) is 6.68. The number of aryl methyl sites for hydroxylation is 3. The summed E-state index contributed by atoms with van der Waals surface area (Å²) in [6.45, 7) is 5.49. The number of thioether (sulfide) groups is 1. The molecule has 2 rings (SSSR count). The van der Waals surface area contributed by atoms with Crippen LogP contribution in [0.25, 0.3) is 0 Å². The zero-order valence-electron chi connectivity index (χ0n) is 14.9. The molecular weight excluding hydrogens is 355 g/mol. The van der Waals surface area contributed by atoms with Crippen LogP contribution in [0.15, 0.2) is 23.4 Å². The Bertz CT molecular complexity index is 819. The van der Waals surface area contributed by atoms with Crippen molar-refractivity contribution in [1.29, 1.82) is 0 Å². The van der Waals surface area contributed by atoms with Crippen molar-refractivity contribution in [3.8, 4) is 0 Å². The molecule has 0 unspecified atom stereocenters. The summed E-state index contributed by atoms with van der Waals surface area (Å²) in [4.78, 5) is 31.7. The molecule has 0 saturated heterocycles. The highest BCUT2D eigenvalue weighted by molar-refractivity contribution is 7.99. The lowest BCUT2D eigenvalue weighted by Gasteiger charge is -2.11. The van der Waals surface area contributed by atoms with Gasteiger partial charge in [-0.1, -0.05) is 17.8 Å². The third-order valence-corrected chi connectivity index (χ3v) is 4.61. The first-order chi connectivity index (χ1) is 12.3. The topological polar surface area (TPSA) is 98.0 Å². The van der Waals surface area contributed by atoms with Crippen LogP contribution in [-0.4, -0.2) is 27.5 Å². The fourth-order valence-corrected chi connectivity index (χ4v) is 3.13. The van der Waals surface area contributed by atoms with Gasteiger partial charge in [0, 0.05) is 17.8 Å². The summed E-state index contributed by atoms with van der Waals surface area (Å²) in [5, 5.41) is 3.07. The minimum absolute atomic E-state index is 0.114. The van der Waals surface area contributed by atoms with Crippen molar-refractivity contribution in [2.45, 2.75) is 38.8 Å². The monoisotopic (exact) mass is 376 g/mol. The quantitative estimate of drug-likeness (QED) is 0.572. The number of hydrogen-bond donors (Lipinski definition) is 2. The number of benzene rings is 1. The Hall–Kier alpha value is -2.48. The van der Waals surface area contributed by atoms with Gasteiger partial charge in [0.1, 0.15) is 5.82 Å². The van der Waals surface area contributed by atoms with E-state index in [-0.39, 0.29) is 23.8 Å². The number of nitrogens with zero attached hydrogens (tertiary/aromatic N) is 2. The van der Waals surface area contributed by atoms with E-state index in [0.29, 0.717) is 11.6 Å². The largest absolute Gasteiger partial charge is 0.369 e. The Balaban J connectivity index is 2.01. The summed E-state index contributed by atoms with van der Waals surface area (Å²) in [5.74, 6) is -1.06. The zero-order valence-corrected chi connectivity index (χ0v) is 15.7. The highest BCUT2D eigenvalue weighted by atomic mass is 32.2. The molecule has 0 radical (unpaired) electrons. The van der Waals surface area contributed by atoms with Crippen LogP contribution in [0.2, 0.25) is 0 Å². The maximum atomic E-state index is 13.7. The molecule has 1 aromatic carbocycles. The number of primary amides is 1. The molecule has 1 aromatic heterocycles. The SMILES string of the molecule is Cc1ccc(F)c(NC(=O)CCc2c(C)nc(SCC(N)=O)nc2C)c1. The summed E-state index contributed by atoms with van der Waals surface area (Å²) in [7, 11) is 0. The van der Waals surface area contributed by atoms with Gasteiger partial charge < -0.3 is 11.1 Å². The minimum atomic E-state index is -0.463. The van der Waals surface area contributed by atoms with Gasteiger partial charge in [0.05, 0.1) is 11.4 Å². The van der Waals surface area contributed by atoms with E-state index in [1.807, 2.05) is 20.8 Å². The van der Waals surface area contributed by atoms with Gasteiger partial charge in [-0.15, -0.1) is 0 Å². The molecule has 2 aromatic rings. The highest BCUT2D eigenvalue weighted by Gasteiger charge is 2.13. The average molecular weight is 376 g/mol. The van der Waals surface area contributed by atoms with Crippen molar-refractivity contribution in [2.24, 2.45) is 5.73 Å². The van der Waals surface area contributed by atoms with Gasteiger partial charge in [0.15, 0.2) is 5.16 Å². The van der Waals surface area contributed by atoms with Crippen molar-refractivity contribution in [3.05, 3.63) is 46.5 Å². The molecule has 0 atom stereocenters. The maximum absolute atomic E-state index is 13.7. The number of nitrogens with one attached hydrogen (secondary N) is 1. The van der Waals surface area contributed by atoms with Gasteiger partial charge >= 0.3 is 0 Å². The summed E-state index contributed by atoms with van der Waals surface area (Å²) < 4.78 is 13.7. The van der Waals surface area contributed by atoms with Crippen LogP contribution >= 0.6 is 11.8 Å². The molecule has 0 saturated carbocycles. The zero-order chi connectivity index (χ0) is 19.3. The molecule has 0 spiro atoms. The second-order valence-corrected chi connectivity index (χ2v) is 6.88. The fraction of sp³-hybridized carbons (Fsp3) is 0.333. The molecule has 2 amide bonds. The number of halogens is 1. The first-order valence-corrected chi connectivity index (χ1v) is 9.06. The van der Waals surface area contributed by atoms with Crippen LogP contribution < -0.4 is 11.1 Å². The predicted molar refractivity (Wildman–Crippen MR) is 99.5 cm³/mol. The Morgan fingerprint density at radius 2 is 1.85 bits per heavy atom. The van der Waals surface area contributed by atoms with Crippen molar-refractivity contribution in [2.75, 3.05) is 11.1 Å². The third kappa shape index (κ3) is 5.52. The second-order valence-electron chi connectivity index (χ2n) is 5.94. The van der Waals surface area contributed by atoms with Gasteiger partial charge in [0.25, 0.3) is 0 Å². The standard InChI is InChI=1S/C18H21FN4O2S/c1-10-4-6-14(19)15(8-10)23-17(25)7-5-13-11(2)21-18(22-12(13)3)26-9-16(20)24/h4,6,8H,5,7,9H2,1-3H3,(H2,20,24)(H,23,25). The van der Waals surface area contributed by atoms with Crippen LogP contribution in [-0.2, 0) is 16.0 Å². The minimum Gasteiger partial charge on any atom is -0.369 e. The maximum Gasteiger partial charge on any atom is 0.227 e. The van der Waals surface area contributed by atoms with Gasteiger partial charge in [-0.3, -0.25) is 9.59 Å². The molecule has 0 bridgehead atoms. The number of aromatic nitrogens is 2. The molecule has 0 aliphatic rings. The Morgan fingerprint density at radius 3 is 2.46 bits per heavy atom. The smallest absolute Gasteiger partial charge is 0.227 e. The first kappa shape index (κ1) is 19.8. The lowest BCUT2D eigenvalue weighted by atomic mass is 10.1. The average Bonchev–Trinajstić information content (AvgIpc) is 2.55. The van der Waals surface area contributed by atoms with Crippen LogP contribution in [0.5, 0.6) is 0 Å². The van der Waals surface area contributed by atoms with E-state index < -0.39 is 11.7 Å². The molecule has 138 valence electrons.